The first kappa shape index (κ1) is 16.2. The van der Waals surface area contributed by atoms with Crippen LogP contribution in [0.4, 0.5) is 0 Å². The van der Waals surface area contributed by atoms with Gasteiger partial charge < -0.3 is 5.32 Å². The molecule has 0 aliphatic heterocycles. The molecule has 0 saturated carbocycles. The fraction of sp³-hybridized carbons (Fsp3) is 0.667. The van der Waals surface area contributed by atoms with Crippen LogP contribution in [0.1, 0.15) is 64.5 Å². The molecular weight excluding hydrogens is 230 g/mol. The Balaban J connectivity index is 2.53. The molecule has 1 heteroatoms. The van der Waals surface area contributed by atoms with E-state index >= 15 is 0 Å². The van der Waals surface area contributed by atoms with Gasteiger partial charge in [0.25, 0.3) is 0 Å². The summed E-state index contributed by atoms with van der Waals surface area (Å²) in [4.78, 5) is 0. The third kappa shape index (κ3) is 5.36. The highest BCUT2D eigenvalue weighted by atomic mass is 14.9. The molecule has 19 heavy (non-hydrogen) atoms. The van der Waals surface area contributed by atoms with Gasteiger partial charge in [0.05, 0.1) is 0 Å². The van der Waals surface area contributed by atoms with Gasteiger partial charge in [0.1, 0.15) is 0 Å². The van der Waals surface area contributed by atoms with Crippen molar-refractivity contribution in [2.45, 2.75) is 53.4 Å². The van der Waals surface area contributed by atoms with Crippen LogP contribution in [0.25, 0.3) is 0 Å². The summed E-state index contributed by atoms with van der Waals surface area (Å²) in [7, 11) is 0. The predicted molar refractivity (Wildman–Crippen MR) is 85.8 cm³/mol. The smallest absolute Gasteiger partial charge is 0.00173 e. The molecule has 0 aliphatic rings. The zero-order chi connectivity index (χ0) is 14.4. The van der Waals surface area contributed by atoms with Crippen molar-refractivity contribution in [1.82, 2.24) is 5.32 Å². The zero-order valence-corrected chi connectivity index (χ0v) is 13.5. The van der Waals surface area contributed by atoms with Crippen molar-refractivity contribution in [2.75, 3.05) is 13.1 Å². The number of benzene rings is 1. The summed E-state index contributed by atoms with van der Waals surface area (Å²) in [6.07, 6.45) is 0. The molecule has 0 fully saturated rings. The molecule has 2 atom stereocenters. The molecule has 1 rings (SSSR count). The van der Waals surface area contributed by atoms with Crippen LogP contribution in [0.3, 0.4) is 0 Å². The zero-order valence-electron chi connectivity index (χ0n) is 13.5. The van der Waals surface area contributed by atoms with Crippen molar-refractivity contribution in [3.63, 3.8) is 0 Å². The lowest BCUT2D eigenvalue weighted by Gasteiger charge is -2.22. The van der Waals surface area contributed by atoms with Gasteiger partial charge in [-0.3, -0.25) is 0 Å². The molecule has 0 heterocycles. The third-order valence-electron chi connectivity index (χ3n) is 4.00. The van der Waals surface area contributed by atoms with E-state index in [0.717, 1.165) is 19.0 Å². The first-order chi connectivity index (χ1) is 8.91. The molecule has 1 aromatic rings. The maximum atomic E-state index is 3.56. The molecule has 108 valence electrons. The molecular formula is C18H31N. The Morgan fingerprint density at radius 1 is 0.789 bits per heavy atom. The van der Waals surface area contributed by atoms with Crippen molar-refractivity contribution < 1.29 is 0 Å². The lowest BCUT2D eigenvalue weighted by atomic mass is 9.87. The van der Waals surface area contributed by atoms with Crippen molar-refractivity contribution in [1.29, 1.82) is 0 Å². The first-order valence-corrected chi connectivity index (χ1v) is 7.72. The van der Waals surface area contributed by atoms with Gasteiger partial charge in [-0.05, 0) is 47.9 Å². The van der Waals surface area contributed by atoms with E-state index < -0.39 is 0 Å². The quantitative estimate of drug-likeness (QED) is 0.743. The van der Waals surface area contributed by atoms with Crippen LogP contribution >= 0.6 is 0 Å². The highest BCUT2D eigenvalue weighted by Gasteiger charge is 2.14. The predicted octanol–water partition coefficient (Wildman–Crippen LogP) is 4.80. The summed E-state index contributed by atoms with van der Waals surface area (Å²) >= 11 is 0. The summed E-state index contributed by atoms with van der Waals surface area (Å²) in [6.45, 7) is 15.9. The molecule has 1 aromatic carbocycles. The fourth-order valence-electron chi connectivity index (χ4n) is 2.29. The van der Waals surface area contributed by atoms with Gasteiger partial charge in [0.15, 0.2) is 0 Å². The summed E-state index contributed by atoms with van der Waals surface area (Å²) in [5, 5.41) is 3.56. The second-order valence-electron chi connectivity index (χ2n) is 6.64. The molecule has 0 spiro atoms. The lowest BCUT2D eigenvalue weighted by molar-refractivity contribution is 0.428. The van der Waals surface area contributed by atoms with Crippen molar-refractivity contribution in [2.24, 2.45) is 11.8 Å². The Labute approximate surface area is 119 Å². The Bertz CT molecular complexity index is 350. The van der Waals surface area contributed by atoms with Crippen molar-refractivity contribution in [3.8, 4) is 0 Å². The molecule has 0 aromatic heterocycles. The second kappa shape index (κ2) is 7.69. The Kier molecular flexibility index (Phi) is 6.57. The minimum absolute atomic E-state index is 0.612. The van der Waals surface area contributed by atoms with E-state index in [-0.39, 0.29) is 0 Å². The molecule has 0 amide bonds. The first-order valence-electron chi connectivity index (χ1n) is 7.72. The topological polar surface area (TPSA) is 12.0 Å². The fourth-order valence-corrected chi connectivity index (χ4v) is 2.29. The van der Waals surface area contributed by atoms with E-state index in [1.807, 2.05) is 0 Å². The van der Waals surface area contributed by atoms with Gasteiger partial charge in [0, 0.05) is 0 Å². The highest BCUT2D eigenvalue weighted by Crippen LogP contribution is 2.25. The molecule has 0 bridgehead atoms. The molecule has 0 radical (unpaired) electrons. The van der Waals surface area contributed by atoms with E-state index in [4.69, 9.17) is 0 Å². The maximum absolute atomic E-state index is 3.56. The van der Waals surface area contributed by atoms with Crippen molar-refractivity contribution in [3.05, 3.63) is 35.4 Å². The lowest BCUT2D eigenvalue weighted by Crippen LogP contribution is -2.27. The molecule has 1 N–H and O–H groups in total. The molecule has 2 unspecified atom stereocenters. The normalized spacial score (nSPS) is 14.9. The number of hydrogen-bond acceptors (Lipinski definition) is 1. The van der Waals surface area contributed by atoms with Crippen LogP contribution in [-0.4, -0.2) is 13.1 Å². The number of hydrogen-bond donors (Lipinski definition) is 1. The van der Waals surface area contributed by atoms with Crippen LogP contribution in [0, 0.1) is 11.8 Å². The summed E-state index contributed by atoms with van der Waals surface area (Å²) < 4.78 is 0. The van der Waals surface area contributed by atoms with Gasteiger partial charge in [-0.15, -0.1) is 0 Å². The summed E-state index contributed by atoms with van der Waals surface area (Å²) in [5.74, 6) is 2.63. The Hall–Kier alpha value is -0.820. The van der Waals surface area contributed by atoms with Gasteiger partial charge in [-0.1, -0.05) is 65.8 Å². The van der Waals surface area contributed by atoms with E-state index in [0.29, 0.717) is 17.8 Å². The average molecular weight is 261 g/mol. The van der Waals surface area contributed by atoms with Crippen LogP contribution in [0.2, 0.25) is 0 Å². The number of rotatable bonds is 7. The SMILES string of the molecule is CC(C)CNCC(C)C(C)c1ccc(C(C)C)cc1. The maximum Gasteiger partial charge on any atom is -0.00173 e. The van der Waals surface area contributed by atoms with Gasteiger partial charge >= 0.3 is 0 Å². The Morgan fingerprint density at radius 2 is 1.32 bits per heavy atom. The summed E-state index contributed by atoms with van der Waals surface area (Å²) in [5.41, 5.74) is 2.89. The highest BCUT2D eigenvalue weighted by molar-refractivity contribution is 5.27. The average Bonchev–Trinajstić information content (AvgIpc) is 2.37. The second-order valence-corrected chi connectivity index (χ2v) is 6.64. The molecule has 0 saturated heterocycles. The van der Waals surface area contributed by atoms with E-state index in [1.54, 1.807) is 0 Å². The molecule has 1 nitrogen and oxygen atoms in total. The van der Waals surface area contributed by atoms with Gasteiger partial charge in [-0.25, -0.2) is 0 Å². The van der Waals surface area contributed by atoms with Crippen LogP contribution in [-0.2, 0) is 0 Å². The van der Waals surface area contributed by atoms with E-state index in [1.165, 1.54) is 11.1 Å². The minimum Gasteiger partial charge on any atom is -0.316 e. The monoisotopic (exact) mass is 261 g/mol. The molecule has 0 aliphatic carbocycles. The standard InChI is InChI=1S/C18H31N/c1-13(2)11-19-12-15(5)16(6)18-9-7-17(8-10-18)14(3)4/h7-10,13-16,19H,11-12H2,1-6H3. The van der Waals surface area contributed by atoms with Crippen LogP contribution < -0.4 is 5.32 Å². The summed E-state index contributed by atoms with van der Waals surface area (Å²) in [6, 6.07) is 9.17. The van der Waals surface area contributed by atoms with E-state index in [2.05, 4.69) is 71.1 Å². The minimum atomic E-state index is 0.612. The third-order valence-corrected chi connectivity index (χ3v) is 4.00. The van der Waals surface area contributed by atoms with E-state index in [9.17, 15) is 0 Å². The van der Waals surface area contributed by atoms with Gasteiger partial charge in [0.2, 0.25) is 0 Å². The largest absolute Gasteiger partial charge is 0.316 e. The van der Waals surface area contributed by atoms with Gasteiger partial charge in [-0.2, -0.15) is 0 Å². The number of nitrogens with one attached hydrogen (secondary N) is 1. The van der Waals surface area contributed by atoms with Crippen molar-refractivity contribution >= 4 is 0 Å². The van der Waals surface area contributed by atoms with Crippen LogP contribution in [0.15, 0.2) is 24.3 Å². The Morgan fingerprint density at radius 3 is 1.79 bits per heavy atom. The van der Waals surface area contributed by atoms with Crippen LogP contribution in [0.5, 0.6) is 0 Å².